The van der Waals surface area contributed by atoms with Crippen LogP contribution in [0, 0.1) is 0 Å². The molecule has 4 heteroatoms. The first-order valence-corrected chi connectivity index (χ1v) is 7.42. The van der Waals surface area contributed by atoms with Gasteiger partial charge in [0.25, 0.3) is 11.8 Å². The molecule has 114 valence electrons. The summed E-state index contributed by atoms with van der Waals surface area (Å²) in [5.74, 6) is -0.397. The molecule has 0 aliphatic heterocycles. The fraction of sp³-hybridized carbons (Fsp3) is 0.222. The number of nitrogens with zero attached hydrogens (tertiary/aromatic N) is 1. The molecular formula is C18H20N2O2. The summed E-state index contributed by atoms with van der Waals surface area (Å²) in [4.78, 5) is 26.7. The van der Waals surface area contributed by atoms with E-state index in [4.69, 9.17) is 0 Å². The number of para-hydroxylation sites is 1. The molecule has 2 amide bonds. The van der Waals surface area contributed by atoms with Gasteiger partial charge in [-0.2, -0.15) is 0 Å². The fourth-order valence-corrected chi connectivity index (χ4v) is 2.27. The van der Waals surface area contributed by atoms with Crippen LogP contribution in [-0.2, 0) is 0 Å². The Kier molecular flexibility index (Phi) is 5.31. The van der Waals surface area contributed by atoms with Crippen LogP contribution in [0.15, 0.2) is 54.6 Å². The van der Waals surface area contributed by atoms with Gasteiger partial charge in [0.1, 0.15) is 0 Å². The van der Waals surface area contributed by atoms with Crippen molar-refractivity contribution in [3.63, 3.8) is 0 Å². The zero-order valence-electron chi connectivity index (χ0n) is 12.9. The molecule has 0 unspecified atom stereocenters. The summed E-state index contributed by atoms with van der Waals surface area (Å²) in [7, 11) is 0. The second-order valence-electron chi connectivity index (χ2n) is 4.84. The lowest BCUT2D eigenvalue weighted by Gasteiger charge is -2.20. The summed E-state index contributed by atoms with van der Waals surface area (Å²) in [6.07, 6.45) is 0. The Balaban J connectivity index is 2.28. The maximum atomic E-state index is 12.5. The standard InChI is InChI=1S/C18H20N2O2/c1-3-20(4-2)18(22)16-13-9-8-12-15(16)17(21)19-14-10-6-5-7-11-14/h5-13H,3-4H2,1-2H3,(H,19,21). The Morgan fingerprint density at radius 3 is 2.00 bits per heavy atom. The first kappa shape index (κ1) is 15.8. The number of rotatable bonds is 5. The lowest BCUT2D eigenvalue weighted by Crippen LogP contribution is -2.32. The Bertz CT molecular complexity index is 649. The van der Waals surface area contributed by atoms with Crippen molar-refractivity contribution in [2.45, 2.75) is 13.8 Å². The summed E-state index contributed by atoms with van der Waals surface area (Å²) in [5.41, 5.74) is 1.53. The second kappa shape index (κ2) is 7.41. The van der Waals surface area contributed by atoms with E-state index in [2.05, 4.69) is 5.32 Å². The van der Waals surface area contributed by atoms with Crippen molar-refractivity contribution < 1.29 is 9.59 Å². The van der Waals surface area contributed by atoms with Gasteiger partial charge in [0.05, 0.1) is 11.1 Å². The quantitative estimate of drug-likeness (QED) is 0.919. The van der Waals surface area contributed by atoms with Gasteiger partial charge in [0.2, 0.25) is 0 Å². The Labute approximate surface area is 130 Å². The van der Waals surface area contributed by atoms with Crippen molar-refractivity contribution >= 4 is 17.5 Å². The molecule has 0 bridgehead atoms. The van der Waals surface area contributed by atoms with Crippen molar-refractivity contribution in [2.75, 3.05) is 18.4 Å². The molecule has 0 atom stereocenters. The van der Waals surface area contributed by atoms with Gasteiger partial charge in [0.15, 0.2) is 0 Å². The van der Waals surface area contributed by atoms with E-state index < -0.39 is 0 Å². The third-order valence-electron chi connectivity index (χ3n) is 3.48. The maximum Gasteiger partial charge on any atom is 0.256 e. The molecule has 0 heterocycles. The molecule has 0 saturated carbocycles. The van der Waals surface area contributed by atoms with Crippen LogP contribution >= 0.6 is 0 Å². The van der Waals surface area contributed by atoms with E-state index in [0.29, 0.717) is 29.9 Å². The minimum atomic E-state index is -0.276. The molecule has 0 spiro atoms. The van der Waals surface area contributed by atoms with E-state index in [-0.39, 0.29) is 11.8 Å². The van der Waals surface area contributed by atoms with Gasteiger partial charge in [-0.05, 0) is 38.1 Å². The number of nitrogens with one attached hydrogen (secondary N) is 1. The van der Waals surface area contributed by atoms with E-state index in [0.717, 1.165) is 0 Å². The third kappa shape index (κ3) is 3.52. The molecule has 0 aliphatic rings. The van der Waals surface area contributed by atoms with Gasteiger partial charge in [-0.15, -0.1) is 0 Å². The van der Waals surface area contributed by atoms with Crippen molar-refractivity contribution in [1.82, 2.24) is 4.90 Å². The minimum absolute atomic E-state index is 0.121. The minimum Gasteiger partial charge on any atom is -0.339 e. The highest BCUT2D eigenvalue weighted by Gasteiger charge is 2.19. The number of benzene rings is 2. The molecule has 2 rings (SSSR count). The number of hydrogen-bond acceptors (Lipinski definition) is 2. The number of hydrogen-bond donors (Lipinski definition) is 1. The van der Waals surface area contributed by atoms with Crippen LogP contribution < -0.4 is 5.32 Å². The average Bonchev–Trinajstić information content (AvgIpc) is 2.56. The SMILES string of the molecule is CCN(CC)C(=O)c1ccccc1C(=O)Nc1ccccc1. The Hall–Kier alpha value is -2.62. The molecule has 0 aromatic heterocycles. The van der Waals surface area contributed by atoms with E-state index >= 15 is 0 Å². The van der Waals surface area contributed by atoms with Gasteiger partial charge in [0, 0.05) is 18.8 Å². The number of anilines is 1. The lowest BCUT2D eigenvalue weighted by atomic mass is 10.1. The largest absolute Gasteiger partial charge is 0.339 e. The lowest BCUT2D eigenvalue weighted by molar-refractivity contribution is 0.0768. The first-order chi connectivity index (χ1) is 10.7. The molecule has 0 saturated heterocycles. The number of carbonyl (C=O) groups excluding carboxylic acids is 2. The third-order valence-corrected chi connectivity index (χ3v) is 3.48. The van der Waals surface area contributed by atoms with Crippen LogP contribution in [0.25, 0.3) is 0 Å². The Morgan fingerprint density at radius 1 is 0.864 bits per heavy atom. The van der Waals surface area contributed by atoms with Gasteiger partial charge in [-0.1, -0.05) is 30.3 Å². The number of carbonyl (C=O) groups is 2. The highest BCUT2D eigenvalue weighted by molar-refractivity contribution is 6.12. The molecule has 22 heavy (non-hydrogen) atoms. The molecular weight excluding hydrogens is 276 g/mol. The second-order valence-corrected chi connectivity index (χ2v) is 4.84. The zero-order chi connectivity index (χ0) is 15.9. The molecule has 1 N–H and O–H groups in total. The van der Waals surface area contributed by atoms with E-state index in [9.17, 15) is 9.59 Å². The maximum absolute atomic E-state index is 12.5. The normalized spacial score (nSPS) is 10.1. The van der Waals surface area contributed by atoms with E-state index in [1.807, 2.05) is 44.2 Å². The highest BCUT2D eigenvalue weighted by atomic mass is 16.2. The van der Waals surface area contributed by atoms with Gasteiger partial charge in [-0.3, -0.25) is 9.59 Å². The molecule has 0 fully saturated rings. The molecule has 2 aromatic carbocycles. The topological polar surface area (TPSA) is 49.4 Å². The van der Waals surface area contributed by atoms with Crippen molar-refractivity contribution in [3.8, 4) is 0 Å². The smallest absolute Gasteiger partial charge is 0.256 e. The van der Waals surface area contributed by atoms with Gasteiger partial charge < -0.3 is 10.2 Å². The summed E-state index contributed by atoms with van der Waals surface area (Å²) in [5, 5.41) is 2.82. The van der Waals surface area contributed by atoms with E-state index in [1.165, 1.54) is 0 Å². The van der Waals surface area contributed by atoms with Crippen LogP contribution in [0.4, 0.5) is 5.69 Å². The number of amides is 2. The van der Waals surface area contributed by atoms with Crippen molar-refractivity contribution in [3.05, 3.63) is 65.7 Å². The summed E-state index contributed by atoms with van der Waals surface area (Å²) >= 11 is 0. The van der Waals surface area contributed by atoms with Gasteiger partial charge in [-0.25, -0.2) is 0 Å². The molecule has 0 radical (unpaired) electrons. The molecule has 0 aliphatic carbocycles. The van der Waals surface area contributed by atoms with Crippen molar-refractivity contribution in [1.29, 1.82) is 0 Å². The van der Waals surface area contributed by atoms with Crippen LogP contribution in [0.5, 0.6) is 0 Å². The predicted octanol–water partition coefficient (Wildman–Crippen LogP) is 3.42. The first-order valence-electron chi connectivity index (χ1n) is 7.42. The summed E-state index contributed by atoms with van der Waals surface area (Å²) in [6.45, 7) is 5.08. The highest BCUT2D eigenvalue weighted by Crippen LogP contribution is 2.15. The van der Waals surface area contributed by atoms with Gasteiger partial charge >= 0.3 is 0 Å². The monoisotopic (exact) mass is 296 g/mol. The van der Waals surface area contributed by atoms with Crippen LogP contribution in [-0.4, -0.2) is 29.8 Å². The van der Waals surface area contributed by atoms with Crippen LogP contribution in [0.3, 0.4) is 0 Å². The zero-order valence-corrected chi connectivity index (χ0v) is 12.9. The predicted molar refractivity (Wildman–Crippen MR) is 88.1 cm³/mol. The average molecular weight is 296 g/mol. The molecule has 2 aromatic rings. The summed E-state index contributed by atoms with van der Waals surface area (Å²) < 4.78 is 0. The Morgan fingerprint density at radius 2 is 1.41 bits per heavy atom. The summed E-state index contributed by atoms with van der Waals surface area (Å²) in [6, 6.07) is 16.1. The van der Waals surface area contributed by atoms with Crippen LogP contribution in [0.2, 0.25) is 0 Å². The van der Waals surface area contributed by atoms with E-state index in [1.54, 1.807) is 29.2 Å². The fourth-order valence-electron chi connectivity index (χ4n) is 2.27. The molecule has 4 nitrogen and oxygen atoms in total. The van der Waals surface area contributed by atoms with Crippen molar-refractivity contribution in [2.24, 2.45) is 0 Å². The van der Waals surface area contributed by atoms with Crippen LogP contribution in [0.1, 0.15) is 34.6 Å².